The van der Waals surface area contributed by atoms with Crippen molar-refractivity contribution in [1.29, 1.82) is 0 Å². The zero-order valence-electron chi connectivity index (χ0n) is 11.5. The molecule has 2 unspecified atom stereocenters. The lowest BCUT2D eigenvalue weighted by molar-refractivity contribution is -0.121. The molecule has 0 aliphatic carbocycles. The van der Waals surface area contributed by atoms with E-state index >= 15 is 0 Å². The number of carbonyl (C=O) groups excluding carboxylic acids is 1. The molecule has 0 aromatic heterocycles. The summed E-state index contributed by atoms with van der Waals surface area (Å²) in [5.41, 5.74) is 1.02. The van der Waals surface area contributed by atoms with Crippen LogP contribution in [0.2, 0.25) is 0 Å². The van der Waals surface area contributed by atoms with Gasteiger partial charge in [0, 0.05) is 26.1 Å². The van der Waals surface area contributed by atoms with Crippen LogP contribution in [0.5, 0.6) is 0 Å². The van der Waals surface area contributed by atoms with Gasteiger partial charge in [0.05, 0.1) is 0 Å². The number of benzene rings is 1. The average Bonchev–Trinajstić information content (AvgIpc) is 2.77. The maximum Gasteiger partial charge on any atom is 0.221 e. The molecule has 2 atom stereocenters. The summed E-state index contributed by atoms with van der Waals surface area (Å²) in [4.78, 5) is 13.6. The molecule has 1 amide bonds. The molecule has 2 rings (SSSR count). The van der Waals surface area contributed by atoms with Crippen molar-refractivity contribution < 1.29 is 9.18 Å². The molecule has 4 heteroatoms. The Kier molecular flexibility index (Phi) is 4.53. The molecule has 19 heavy (non-hydrogen) atoms. The predicted molar refractivity (Wildman–Crippen MR) is 73.2 cm³/mol. The fraction of sp³-hybridized carbons (Fsp3) is 0.533. The number of nitrogens with one attached hydrogen (secondary N) is 1. The number of likely N-dealkylation sites (tertiary alicyclic amines) is 1. The minimum atomic E-state index is -0.192. The maximum absolute atomic E-state index is 13.4. The number of carbonyl (C=O) groups is 1. The van der Waals surface area contributed by atoms with Gasteiger partial charge in [-0.2, -0.15) is 0 Å². The number of amides is 1. The molecule has 0 saturated carbocycles. The zero-order valence-corrected chi connectivity index (χ0v) is 11.5. The second kappa shape index (κ2) is 6.15. The van der Waals surface area contributed by atoms with Gasteiger partial charge in [0.15, 0.2) is 0 Å². The van der Waals surface area contributed by atoms with E-state index in [2.05, 4.69) is 17.1 Å². The molecule has 1 fully saturated rings. The van der Waals surface area contributed by atoms with Gasteiger partial charge < -0.3 is 5.32 Å². The third-order valence-electron chi connectivity index (χ3n) is 3.90. The van der Waals surface area contributed by atoms with Crippen LogP contribution in [0.1, 0.15) is 31.4 Å². The molecule has 1 saturated heterocycles. The summed E-state index contributed by atoms with van der Waals surface area (Å²) < 4.78 is 13.4. The first kappa shape index (κ1) is 14.0. The van der Waals surface area contributed by atoms with E-state index in [0.717, 1.165) is 25.1 Å². The topological polar surface area (TPSA) is 32.3 Å². The Morgan fingerprint density at radius 1 is 1.53 bits per heavy atom. The van der Waals surface area contributed by atoms with E-state index in [0.29, 0.717) is 12.3 Å². The van der Waals surface area contributed by atoms with Crippen molar-refractivity contribution in [2.75, 3.05) is 20.1 Å². The van der Waals surface area contributed by atoms with E-state index in [1.54, 1.807) is 19.2 Å². The van der Waals surface area contributed by atoms with Crippen molar-refractivity contribution in [3.8, 4) is 0 Å². The second-order valence-corrected chi connectivity index (χ2v) is 5.22. The number of nitrogens with zero attached hydrogens (tertiary/aromatic N) is 1. The van der Waals surface area contributed by atoms with E-state index in [1.807, 2.05) is 6.07 Å². The van der Waals surface area contributed by atoms with Crippen LogP contribution in [0.4, 0.5) is 4.39 Å². The van der Waals surface area contributed by atoms with Crippen LogP contribution in [0.15, 0.2) is 24.3 Å². The summed E-state index contributed by atoms with van der Waals surface area (Å²) >= 11 is 0. The van der Waals surface area contributed by atoms with Crippen molar-refractivity contribution in [2.45, 2.75) is 25.8 Å². The first-order valence-corrected chi connectivity index (χ1v) is 6.82. The van der Waals surface area contributed by atoms with Gasteiger partial charge in [-0.1, -0.05) is 19.1 Å². The lowest BCUT2D eigenvalue weighted by Crippen LogP contribution is -2.30. The molecule has 104 valence electrons. The fourth-order valence-electron chi connectivity index (χ4n) is 2.88. The van der Waals surface area contributed by atoms with Crippen molar-refractivity contribution >= 4 is 5.91 Å². The molecule has 0 radical (unpaired) electrons. The molecular formula is C15H21FN2O. The summed E-state index contributed by atoms with van der Waals surface area (Å²) in [5, 5.41) is 2.64. The highest BCUT2D eigenvalue weighted by molar-refractivity contribution is 5.75. The van der Waals surface area contributed by atoms with Gasteiger partial charge in [-0.3, -0.25) is 9.69 Å². The molecular weight excluding hydrogens is 243 g/mol. The van der Waals surface area contributed by atoms with Gasteiger partial charge in [0.1, 0.15) is 5.82 Å². The second-order valence-electron chi connectivity index (χ2n) is 5.22. The summed E-state index contributed by atoms with van der Waals surface area (Å²) in [5.74, 6) is 0.354. The minimum Gasteiger partial charge on any atom is -0.359 e. The highest BCUT2D eigenvalue weighted by atomic mass is 19.1. The molecule has 1 aromatic carbocycles. The van der Waals surface area contributed by atoms with Gasteiger partial charge in [0.2, 0.25) is 5.91 Å². The maximum atomic E-state index is 13.4. The fourth-order valence-corrected chi connectivity index (χ4v) is 2.88. The molecule has 1 heterocycles. The molecule has 1 aliphatic heterocycles. The number of hydrogen-bond donors (Lipinski definition) is 1. The molecule has 1 aromatic rings. The zero-order chi connectivity index (χ0) is 13.8. The van der Waals surface area contributed by atoms with Crippen LogP contribution in [-0.4, -0.2) is 30.9 Å². The smallest absolute Gasteiger partial charge is 0.221 e. The van der Waals surface area contributed by atoms with Crippen LogP contribution in [-0.2, 0) is 4.79 Å². The third-order valence-corrected chi connectivity index (χ3v) is 3.90. The number of rotatable bonds is 4. The van der Waals surface area contributed by atoms with Crippen molar-refractivity contribution in [1.82, 2.24) is 10.2 Å². The third kappa shape index (κ3) is 3.32. The Morgan fingerprint density at radius 3 is 3.00 bits per heavy atom. The van der Waals surface area contributed by atoms with Gasteiger partial charge in [-0.25, -0.2) is 4.39 Å². The molecule has 1 aliphatic rings. The largest absolute Gasteiger partial charge is 0.359 e. The standard InChI is InChI=1S/C15H21FN2O/c1-11-6-8-18(9-7-14(19)17-2)15(11)12-4-3-5-13(16)10-12/h3-5,10-11,15H,6-9H2,1-2H3,(H,17,19). The van der Waals surface area contributed by atoms with Crippen molar-refractivity contribution in [3.63, 3.8) is 0 Å². The van der Waals surface area contributed by atoms with Gasteiger partial charge >= 0.3 is 0 Å². The van der Waals surface area contributed by atoms with Crippen LogP contribution in [0.25, 0.3) is 0 Å². The van der Waals surface area contributed by atoms with E-state index in [1.165, 1.54) is 6.07 Å². The normalized spacial score (nSPS) is 23.5. The Balaban J connectivity index is 2.09. The summed E-state index contributed by atoms with van der Waals surface area (Å²) in [6.45, 7) is 3.89. The lowest BCUT2D eigenvalue weighted by atomic mass is 9.95. The summed E-state index contributed by atoms with van der Waals surface area (Å²) in [6.07, 6.45) is 1.59. The first-order valence-electron chi connectivity index (χ1n) is 6.82. The molecule has 0 bridgehead atoms. The van der Waals surface area contributed by atoms with Gasteiger partial charge in [-0.05, 0) is 36.6 Å². The monoisotopic (exact) mass is 264 g/mol. The van der Waals surface area contributed by atoms with Crippen LogP contribution < -0.4 is 5.32 Å². The lowest BCUT2D eigenvalue weighted by Gasteiger charge is -2.27. The highest BCUT2D eigenvalue weighted by Gasteiger charge is 2.32. The average molecular weight is 264 g/mol. The quantitative estimate of drug-likeness (QED) is 0.905. The van der Waals surface area contributed by atoms with Gasteiger partial charge in [0.25, 0.3) is 0 Å². The van der Waals surface area contributed by atoms with E-state index < -0.39 is 0 Å². The Bertz CT molecular complexity index is 450. The van der Waals surface area contributed by atoms with E-state index in [4.69, 9.17) is 0 Å². The predicted octanol–water partition coefficient (Wildman–Crippen LogP) is 2.34. The Morgan fingerprint density at radius 2 is 2.32 bits per heavy atom. The van der Waals surface area contributed by atoms with Crippen LogP contribution in [0, 0.1) is 11.7 Å². The number of hydrogen-bond acceptors (Lipinski definition) is 2. The SMILES string of the molecule is CNC(=O)CCN1CCC(C)C1c1cccc(F)c1. The number of halogens is 1. The molecule has 3 nitrogen and oxygen atoms in total. The van der Waals surface area contributed by atoms with E-state index in [-0.39, 0.29) is 17.8 Å². The molecule has 0 spiro atoms. The molecule has 1 N–H and O–H groups in total. The van der Waals surface area contributed by atoms with Crippen molar-refractivity contribution in [2.24, 2.45) is 5.92 Å². The highest BCUT2D eigenvalue weighted by Crippen LogP contribution is 2.36. The summed E-state index contributed by atoms with van der Waals surface area (Å²) in [6, 6.07) is 7.03. The van der Waals surface area contributed by atoms with Gasteiger partial charge in [-0.15, -0.1) is 0 Å². The Hall–Kier alpha value is -1.42. The van der Waals surface area contributed by atoms with Crippen molar-refractivity contribution in [3.05, 3.63) is 35.6 Å². The van der Waals surface area contributed by atoms with E-state index in [9.17, 15) is 9.18 Å². The van der Waals surface area contributed by atoms with Crippen LogP contribution >= 0.6 is 0 Å². The minimum absolute atomic E-state index is 0.0533. The summed E-state index contributed by atoms with van der Waals surface area (Å²) in [7, 11) is 1.65. The first-order chi connectivity index (χ1) is 9.11. The Labute approximate surface area is 113 Å². The van der Waals surface area contributed by atoms with Crippen LogP contribution in [0.3, 0.4) is 0 Å².